The van der Waals surface area contributed by atoms with Crippen molar-refractivity contribution >= 4 is 0 Å². The van der Waals surface area contributed by atoms with E-state index >= 15 is 0 Å². The van der Waals surface area contributed by atoms with Gasteiger partial charge in [0.1, 0.15) is 0 Å². The molecular formula is C25H42N+. The number of piperidine rings is 1. The zero-order valence-electron chi connectivity index (χ0n) is 18.2. The third-order valence-electron chi connectivity index (χ3n) is 7.35. The Bertz CT molecular complexity index is 563. The molecule has 1 aromatic carbocycles. The van der Waals surface area contributed by atoms with Crippen LogP contribution in [0.3, 0.4) is 0 Å². The van der Waals surface area contributed by atoms with Crippen molar-refractivity contribution < 1.29 is 4.48 Å². The average molecular weight is 357 g/mol. The van der Waals surface area contributed by atoms with E-state index < -0.39 is 0 Å². The highest BCUT2D eigenvalue weighted by Gasteiger charge is 2.51. The molecule has 1 aromatic rings. The van der Waals surface area contributed by atoms with Crippen LogP contribution in [0.15, 0.2) is 42.5 Å². The first-order chi connectivity index (χ1) is 12.5. The van der Waals surface area contributed by atoms with E-state index in [4.69, 9.17) is 0 Å². The monoisotopic (exact) mass is 356 g/mol. The Morgan fingerprint density at radius 1 is 1.15 bits per heavy atom. The van der Waals surface area contributed by atoms with Crippen LogP contribution in [0.25, 0.3) is 0 Å². The van der Waals surface area contributed by atoms with E-state index in [0.717, 1.165) is 17.9 Å². The van der Waals surface area contributed by atoms with E-state index in [1.54, 1.807) is 5.56 Å². The van der Waals surface area contributed by atoms with Crippen molar-refractivity contribution in [2.45, 2.75) is 78.2 Å². The Morgan fingerprint density at radius 2 is 1.85 bits per heavy atom. The smallest absolute Gasteiger partial charge is 0.0894 e. The second-order valence-corrected chi connectivity index (χ2v) is 9.00. The molecule has 1 nitrogen and oxygen atoms in total. The molecule has 0 bridgehead atoms. The van der Waals surface area contributed by atoms with Crippen LogP contribution in [0.5, 0.6) is 0 Å². The first-order valence-electron chi connectivity index (χ1n) is 11.0. The summed E-state index contributed by atoms with van der Waals surface area (Å²) in [5.74, 6) is 1.53. The van der Waals surface area contributed by atoms with Crippen LogP contribution in [-0.2, 0) is 5.41 Å². The lowest BCUT2D eigenvalue weighted by molar-refractivity contribution is -0.946. The molecule has 2 rings (SSSR count). The minimum absolute atomic E-state index is 0.362. The molecule has 5 atom stereocenters. The maximum atomic E-state index is 2.55. The second kappa shape index (κ2) is 9.22. The molecule has 0 aliphatic carbocycles. The number of benzene rings is 1. The summed E-state index contributed by atoms with van der Waals surface area (Å²) in [6.45, 7) is 14.5. The molecule has 5 unspecified atom stereocenters. The molecule has 0 aromatic heterocycles. The number of allylic oxidation sites excluding steroid dienone is 2. The van der Waals surface area contributed by atoms with Gasteiger partial charge >= 0.3 is 0 Å². The molecule has 1 aliphatic rings. The molecule has 0 radical (unpaired) electrons. The molecule has 1 heterocycles. The SMILES string of the molecule is CC=CCC(C)C[N+]1(C)CC(CC)C(CC)(c2ccccc2)CC1CC. The van der Waals surface area contributed by atoms with Gasteiger partial charge in [-0.05, 0) is 38.2 Å². The van der Waals surface area contributed by atoms with E-state index in [0.29, 0.717) is 5.41 Å². The fourth-order valence-corrected chi connectivity index (χ4v) is 5.88. The summed E-state index contributed by atoms with van der Waals surface area (Å²) in [6.07, 6.45) is 11.0. The van der Waals surface area contributed by atoms with Crippen LogP contribution in [0.2, 0.25) is 0 Å². The number of likely N-dealkylation sites (tertiary alicyclic amines) is 1. The second-order valence-electron chi connectivity index (χ2n) is 9.00. The molecule has 146 valence electrons. The van der Waals surface area contributed by atoms with Crippen molar-refractivity contribution in [3.05, 3.63) is 48.0 Å². The third-order valence-corrected chi connectivity index (χ3v) is 7.35. The summed E-state index contributed by atoms with van der Waals surface area (Å²) < 4.78 is 1.27. The quantitative estimate of drug-likeness (QED) is 0.364. The van der Waals surface area contributed by atoms with Crippen molar-refractivity contribution in [2.75, 3.05) is 20.1 Å². The van der Waals surface area contributed by atoms with Crippen LogP contribution >= 0.6 is 0 Å². The molecule has 1 aliphatic heterocycles. The molecule has 1 fully saturated rings. The standard InChI is InChI=1S/C25H42N/c1-7-11-15-21(5)19-26(6)20-22(8-2)25(10-4,18-24(26)9-3)23-16-13-12-14-17-23/h7,11-14,16-17,21-22,24H,8-10,15,18-20H2,1-6H3/q+1. The Hall–Kier alpha value is -1.08. The minimum Gasteiger partial charge on any atom is -0.323 e. The van der Waals surface area contributed by atoms with E-state index in [1.165, 1.54) is 49.7 Å². The molecule has 0 amide bonds. The van der Waals surface area contributed by atoms with Crippen LogP contribution < -0.4 is 0 Å². The molecule has 0 saturated carbocycles. The van der Waals surface area contributed by atoms with Gasteiger partial charge in [-0.2, -0.15) is 0 Å². The van der Waals surface area contributed by atoms with Gasteiger partial charge in [0.15, 0.2) is 0 Å². The molecule has 1 saturated heterocycles. The molecule has 0 spiro atoms. The van der Waals surface area contributed by atoms with Gasteiger partial charge in [-0.1, -0.05) is 70.2 Å². The van der Waals surface area contributed by atoms with E-state index in [9.17, 15) is 0 Å². The van der Waals surface area contributed by atoms with Crippen molar-refractivity contribution in [3.8, 4) is 0 Å². The summed E-state index contributed by atoms with van der Waals surface area (Å²) in [7, 11) is 2.55. The maximum absolute atomic E-state index is 2.55. The van der Waals surface area contributed by atoms with E-state index in [1.807, 2.05) is 0 Å². The first-order valence-corrected chi connectivity index (χ1v) is 11.0. The Labute approximate surface area is 163 Å². The third kappa shape index (κ3) is 4.25. The van der Waals surface area contributed by atoms with Crippen molar-refractivity contribution in [3.63, 3.8) is 0 Å². The summed E-state index contributed by atoms with van der Waals surface area (Å²) in [6, 6.07) is 12.2. The van der Waals surface area contributed by atoms with Gasteiger partial charge in [0.05, 0.1) is 26.2 Å². The van der Waals surface area contributed by atoms with Gasteiger partial charge in [0, 0.05) is 23.7 Å². The predicted octanol–water partition coefficient (Wildman–Crippen LogP) is 6.59. The number of hydrogen-bond acceptors (Lipinski definition) is 0. The lowest BCUT2D eigenvalue weighted by atomic mass is 9.60. The normalized spacial score (nSPS) is 33.5. The zero-order chi connectivity index (χ0) is 19.2. The largest absolute Gasteiger partial charge is 0.323 e. The number of nitrogens with zero attached hydrogens (tertiary/aromatic N) is 1. The van der Waals surface area contributed by atoms with Gasteiger partial charge in [-0.15, -0.1) is 0 Å². The highest BCUT2D eigenvalue weighted by atomic mass is 15.4. The predicted molar refractivity (Wildman–Crippen MR) is 115 cm³/mol. The van der Waals surface area contributed by atoms with Crippen molar-refractivity contribution in [2.24, 2.45) is 11.8 Å². The van der Waals surface area contributed by atoms with Gasteiger partial charge < -0.3 is 4.48 Å². The minimum atomic E-state index is 0.362. The number of hydrogen-bond donors (Lipinski definition) is 0. The van der Waals surface area contributed by atoms with E-state index in [2.05, 4.69) is 84.2 Å². The lowest BCUT2D eigenvalue weighted by Gasteiger charge is -2.56. The van der Waals surface area contributed by atoms with Crippen LogP contribution in [-0.4, -0.2) is 30.7 Å². The lowest BCUT2D eigenvalue weighted by Crippen LogP contribution is -2.64. The maximum Gasteiger partial charge on any atom is 0.0894 e. The van der Waals surface area contributed by atoms with Gasteiger partial charge in [-0.25, -0.2) is 0 Å². The molecule has 0 N–H and O–H groups in total. The highest BCUT2D eigenvalue weighted by molar-refractivity contribution is 5.27. The molecular weight excluding hydrogens is 314 g/mol. The molecule has 1 heteroatoms. The van der Waals surface area contributed by atoms with Crippen molar-refractivity contribution in [1.29, 1.82) is 0 Å². The zero-order valence-corrected chi connectivity index (χ0v) is 18.2. The summed E-state index contributed by atoms with van der Waals surface area (Å²) in [5.41, 5.74) is 1.95. The topological polar surface area (TPSA) is 0 Å². The first kappa shape index (κ1) is 21.2. The summed E-state index contributed by atoms with van der Waals surface area (Å²) in [5, 5.41) is 0. The van der Waals surface area contributed by atoms with Gasteiger partial charge in [-0.3, -0.25) is 0 Å². The van der Waals surface area contributed by atoms with Crippen LogP contribution in [0, 0.1) is 11.8 Å². The van der Waals surface area contributed by atoms with Crippen LogP contribution in [0.1, 0.15) is 72.3 Å². The Kier molecular flexibility index (Phi) is 7.52. The number of quaternary nitrogens is 1. The Morgan fingerprint density at radius 3 is 2.38 bits per heavy atom. The van der Waals surface area contributed by atoms with Gasteiger partial charge in [0.2, 0.25) is 0 Å². The Balaban J connectivity index is 2.33. The molecule has 26 heavy (non-hydrogen) atoms. The summed E-state index contributed by atoms with van der Waals surface area (Å²) >= 11 is 0. The fourth-order valence-electron chi connectivity index (χ4n) is 5.88. The summed E-state index contributed by atoms with van der Waals surface area (Å²) in [4.78, 5) is 0. The van der Waals surface area contributed by atoms with Crippen molar-refractivity contribution in [1.82, 2.24) is 0 Å². The average Bonchev–Trinajstić information content (AvgIpc) is 2.66. The van der Waals surface area contributed by atoms with Crippen LogP contribution in [0.4, 0.5) is 0 Å². The highest BCUT2D eigenvalue weighted by Crippen LogP contribution is 2.49. The van der Waals surface area contributed by atoms with Gasteiger partial charge in [0.25, 0.3) is 0 Å². The van der Waals surface area contributed by atoms with E-state index in [-0.39, 0.29) is 0 Å². The fraction of sp³-hybridized carbons (Fsp3) is 0.680. The number of rotatable bonds is 8.